The van der Waals surface area contributed by atoms with E-state index in [0.717, 1.165) is 24.2 Å². The molecule has 5 atom stereocenters. The van der Waals surface area contributed by atoms with Crippen LogP contribution in [-0.4, -0.2) is 87.2 Å². The van der Waals surface area contributed by atoms with E-state index in [2.05, 4.69) is 16.7 Å². The molecule has 2 saturated carbocycles. The van der Waals surface area contributed by atoms with Gasteiger partial charge in [0.05, 0.1) is 11.6 Å². The van der Waals surface area contributed by atoms with Crippen molar-refractivity contribution in [3.05, 3.63) is 51.8 Å². The normalized spacial score (nSPS) is 31.0. The number of benzene rings is 1. The van der Waals surface area contributed by atoms with E-state index in [1.54, 1.807) is 20.2 Å². The summed E-state index contributed by atoms with van der Waals surface area (Å²) >= 11 is 0. The molecule has 4 aliphatic carbocycles. The summed E-state index contributed by atoms with van der Waals surface area (Å²) in [6, 6.07) is 2.88. The van der Waals surface area contributed by atoms with Gasteiger partial charge in [0, 0.05) is 41.4 Å². The van der Waals surface area contributed by atoms with Gasteiger partial charge in [0.15, 0.2) is 11.4 Å². The van der Waals surface area contributed by atoms with Crippen LogP contribution in [0.25, 0.3) is 11.5 Å². The number of ketones is 2. The Hall–Kier alpha value is -3.67. The molecule has 0 bridgehead atoms. The fourth-order valence-electron chi connectivity index (χ4n) is 8.03. The van der Waals surface area contributed by atoms with E-state index < -0.39 is 58.0 Å². The second-order valence-corrected chi connectivity index (χ2v) is 12.9. The lowest BCUT2D eigenvalue weighted by Gasteiger charge is -2.50. The summed E-state index contributed by atoms with van der Waals surface area (Å²) in [6.07, 6.45) is 9.43. The molecule has 0 spiro atoms. The Bertz CT molecular complexity index is 1490. The number of aliphatic hydroxyl groups is 3. The number of amides is 1. The van der Waals surface area contributed by atoms with Crippen molar-refractivity contribution in [2.75, 3.05) is 20.6 Å². The number of rotatable bonds is 6. The maximum Gasteiger partial charge on any atom is 0.255 e. The zero-order valence-electron chi connectivity index (χ0n) is 24.5. The fraction of sp³-hybridized carbons (Fsp3) is 0.531. The summed E-state index contributed by atoms with van der Waals surface area (Å²) in [7, 11) is 3.17. The number of hydrogen-bond acceptors (Lipinski definition) is 10. The average Bonchev–Trinajstić information content (AvgIpc) is 3.43. The molecule has 6 rings (SSSR count). The van der Waals surface area contributed by atoms with Crippen molar-refractivity contribution in [3.63, 3.8) is 0 Å². The molecule has 1 unspecified atom stereocenters. The Morgan fingerprint density at radius 2 is 1.86 bits per heavy atom. The van der Waals surface area contributed by atoms with Gasteiger partial charge in [0.2, 0.25) is 5.78 Å². The first-order chi connectivity index (χ1) is 20.4. The number of primary amides is 1. The monoisotopic (exact) mass is 592 g/mol. The summed E-state index contributed by atoms with van der Waals surface area (Å²) in [5, 5.41) is 52.4. The van der Waals surface area contributed by atoms with E-state index in [1.807, 2.05) is 0 Å². The van der Waals surface area contributed by atoms with Crippen molar-refractivity contribution in [1.82, 2.24) is 15.5 Å². The van der Waals surface area contributed by atoms with Crippen LogP contribution in [0.15, 0.2) is 35.1 Å². The summed E-state index contributed by atoms with van der Waals surface area (Å²) in [5.74, 6) is -6.54. The highest BCUT2D eigenvalue weighted by Gasteiger charge is 2.64. The van der Waals surface area contributed by atoms with Crippen molar-refractivity contribution in [2.24, 2.45) is 17.6 Å². The number of nitrogens with zero attached hydrogens (tertiary/aromatic N) is 1. The Labute approximate surface area is 250 Å². The summed E-state index contributed by atoms with van der Waals surface area (Å²) < 4.78 is 0. The Kier molecular flexibility index (Phi) is 7.38. The minimum absolute atomic E-state index is 0.0568. The first-order valence-electron chi connectivity index (χ1n) is 15.1. The van der Waals surface area contributed by atoms with Crippen molar-refractivity contribution in [1.29, 1.82) is 0 Å². The molecule has 1 heterocycles. The molecular formula is C32H40N4O7. The quantitative estimate of drug-likeness (QED) is 0.239. The number of carbonyl (C=O) groups is 3. The zero-order chi connectivity index (χ0) is 30.8. The summed E-state index contributed by atoms with van der Waals surface area (Å²) in [6.45, 7) is 0.821. The first-order valence-corrected chi connectivity index (χ1v) is 15.1. The molecule has 0 saturated heterocycles. The van der Waals surface area contributed by atoms with E-state index in [1.165, 1.54) is 43.1 Å². The van der Waals surface area contributed by atoms with Gasteiger partial charge < -0.3 is 36.8 Å². The van der Waals surface area contributed by atoms with Gasteiger partial charge in [-0.3, -0.25) is 19.3 Å². The fourth-order valence-corrected chi connectivity index (χ4v) is 8.03. The van der Waals surface area contributed by atoms with Crippen LogP contribution in [0.2, 0.25) is 0 Å². The van der Waals surface area contributed by atoms with Gasteiger partial charge in [0.25, 0.3) is 5.91 Å². The molecule has 43 heavy (non-hydrogen) atoms. The minimum Gasteiger partial charge on any atom is -0.508 e. The van der Waals surface area contributed by atoms with Crippen LogP contribution in [0.4, 0.5) is 0 Å². The third-order valence-corrected chi connectivity index (χ3v) is 10.1. The number of phenols is 1. The van der Waals surface area contributed by atoms with Crippen LogP contribution in [-0.2, 0) is 20.8 Å². The number of carbonyl (C=O) groups excluding carboxylic acids is 3. The van der Waals surface area contributed by atoms with Crippen molar-refractivity contribution < 1.29 is 34.8 Å². The number of nitrogens with two attached hydrogens (primary N) is 1. The van der Waals surface area contributed by atoms with Crippen molar-refractivity contribution in [3.8, 4) is 5.75 Å². The highest BCUT2D eigenvalue weighted by atomic mass is 16.3. The average molecular weight is 593 g/mol. The Balaban J connectivity index is 1.35. The molecule has 11 heteroatoms. The molecule has 0 radical (unpaired) electrons. The van der Waals surface area contributed by atoms with Gasteiger partial charge in [-0.2, -0.15) is 0 Å². The number of nitrogens with one attached hydrogen (secondary N) is 2. The SMILES string of the molecule is CN(C)[C@@H]1C(=O)C(C(N)=O)=C(O)[C@@]2(O)C(=O)C3=C(O)c4c(O)ccc(C5=CCC(CNC6CCCCC6)N5)c4C[C@H]3C[C@@H]12. The van der Waals surface area contributed by atoms with Gasteiger partial charge in [-0.1, -0.05) is 25.3 Å². The maximum atomic E-state index is 14.0. The number of hydrogen-bond donors (Lipinski definition) is 7. The van der Waals surface area contributed by atoms with Crippen molar-refractivity contribution in [2.45, 2.75) is 75.1 Å². The molecule has 230 valence electrons. The molecule has 5 aliphatic rings. The van der Waals surface area contributed by atoms with Gasteiger partial charge in [0.1, 0.15) is 22.8 Å². The second-order valence-electron chi connectivity index (χ2n) is 12.9. The Morgan fingerprint density at radius 3 is 2.53 bits per heavy atom. The Morgan fingerprint density at radius 1 is 1.14 bits per heavy atom. The van der Waals surface area contributed by atoms with Crippen LogP contribution in [0, 0.1) is 11.8 Å². The number of aliphatic hydroxyl groups excluding tert-OH is 2. The number of likely N-dealkylation sites (N-methyl/N-ethyl adjacent to an activating group) is 1. The van der Waals surface area contributed by atoms with E-state index in [-0.39, 0.29) is 35.8 Å². The van der Waals surface area contributed by atoms with Crippen LogP contribution >= 0.6 is 0 Å². The molecule has 1 amide bonds. The number of phenolic OH excluding ortho intramolecular Hbond substituents is 1. The molecule has 8 N–H and O–H groups in total. The molecule has 1 aromatic carbocycles. The molecule has 2 fully saturated rings. The number of aromatic hydroxyl groups is 1. The zero-order valence-corrected chi connectivity index (χ0v) is 24.5. The lowest BCUT2D eigenvalue weighted by molar-refractivity contribution is -0.153. The highest BCUT2D eigenvalue weighted by Crippen LogP contribution is 2.53. The minimum atomic E-state index is -2.65. The third-order valence-electron chi connectivity index (χ3n) is 10.1. The molecule has 11 nitrogen and oxygen atoms in total. The number of fused-ring (bicyclic) bond motifs is 3. The summed E-state index contributed by atoms with van der Waals surface area (Å²) in [4.78, 5) is 41.0. The highest BCUT2D eigenvalue weighted by molar-refractivity contribution is 6.24. The molecule has 1 aromatic rings. The topological polar surface area (TPSA) is 185 Å². The maximum absolute atomic E-state index is 14.0. The predicted octanol–water partition coefficient (Wildman–Crippen LogP) is 1.59. The van der Waals surface area contributed by atoms with Crippen LogP contribution in [0.3, 0.4) is 0 Å². The smallest absolute Gasteiger partial charge is 0.255 e. The van der Waals surface area contributed by atoms with E-state index >= 15 is 0 Å². The molecular weight excluding hydrogens is 552 g/mol. The lowest BCUT2D eigenvalue weighted by Crippen LogP contribution is -2.65. The second kappa shape index (κ2) is 10.8. The van der Waals surface area contributed by atoms with Crippen LogP contribution in [0.1, 0.15) is 61.6 Å². The molecule has 0 aromatic heterocycles. The summed E-state index contributed by atoms with van der Waals surface area (Å²) in [5.41, 5.74) is 4.21. The van der Waals surface area contributed by atoms with Gasteiger partial charge >= 0.3 is 0 Å². The van der Waals surface area contributed by atoms with E-state index in [4.69, 9.17) is 5.73 Å². The first kappa shape index (κ1) is 29.4. The van der Waals surface area contributed by atoms with Crippen molar-refractivity contribution >= 4 is 28.9 Å². The van der Waals surface area contributed by atoms with Crippen LogP contribution in [0.5, 0.6) is 5.75 Å². The largest absolute Gasteiger partial charge is 0.508 e. The number of Topliss-reactive ketones (excluding diaryl/α,β-unsaturated/α-hetero) is 2. The van der Waals surface area contributed by atoms with E-state index in [9.17, 15) is 34.8 Å². The van der Waals surface area contributed by atoms with Gasteiger partial charge in [-0.05, 0) is 69.8 Å². The standard InChI is InChI=1S/C32H40N4O7/c1-36(2)26-20-13-15-12-19-18(21-10-8-17(35-21)14-34-16-6-4-3-5-7-16)9-11-22(37)24(19)27(38)23(15)29(40)32(20,43)30(41)25(28(26)39)31(33)42/h9-11,15-17,20,26,34-35,37-38,41,43H,3-8,12-14H2,1-2H3,(H2,33,42)/t15-,17?,20-,26-,32-/m0/s1. The van der Waals surface area contributed by atoms with E-state index in [0.29, 0.717) is 11.6 Å². The lowest BCUT2D eigenvalue weighted by atomic mass is 9.57. The third kappa shape index (κ3) is 4.56. The van der Waals surface area contributed by atoms with Gasteiger partial charge in [-0.25, -0.2) is 0 Å². The van der Waals surface area contributed by atoms with Crippen LogP contribution < -0.4 is 16.4 Å². The molecule has 1 aliphatic heterocycles. The predicted molar refractivity (Wildman–Crippen MR) is 159 cm³/mol. The van der Waals surface area contributed by atoms with Gasteiger partial charge in [-0.15, -0.1) is 0 Å².